The maximum atomic E-state index is 12.2. The van der Waals surface area contributed by atoms with Gasteiger partial charge < -0.3 is 5.32 Å². The molecule has 1 atom stereocenters. The maximum absolute atomic E-state index is 12.2. The van der Waals surface area contributed by atoms with Gasteiger partial charge in [-0.15, -0.1) is 0 Å². The highest BCUT2D eigenvalue weighted by atomic mass is 35.5. The topological polar surface area (TPSA) is 29.1 Å². The molecule has 13 heavy (non-hydrogen) atoms. The average molecular weight is 212 g/mol. The van der Waals surface area contributed by atoms with E-state index >= 15 is 0 Å². The van der Waals surface area contributed by atoms with E-state index in [1.165, 1.54) is 0 Å². The fraction of sp³-hybridized carbons (Fsp3) is 0.875. The van der Waals surface area contributed by atoms with Crippen LogP contribution in [0.5, 0.6) is 0 Å². The second-order valence-electron chi connectivity index (χ2n) is 3.45. The number of carbonyl (C=O) groups is 1. The molecule has 0 aromatic heterocycles. The predicted molar refractivity (Wildman–Crippen MR) is 45.7 cm³/mol. The summed E-state index contributed by atoms with van der Waals surface area (Å²) in [4.78, 5) is 10.7. The summed E-state index contributed by atoms with van der Waals surface area (Å²) >= 11 is 4.55. The summed E-state index contributed by atoms with van der Waals surface area (Å²) in [5.74, 6) is -1.06. The van der Waals surface area contributed by atoms with E-state index in [-0.39, 0.29) is 6.04 Å². The van der Waals surface area contributed by atoms with E-state index in [0.717, 1.165) is 19.3 Å². The molecule has 1 saturated carbocycles. The maximum Gasteiger partial charge on any atom is 0.399 e. The van der Waals surface area contributed by atoms with Crippen LogP contribution in [-0.4, -0.2) is 17.3 Å². The van der Waals surface area contributed by atoms with Crippen LogP contribution in [0, 0.1) is 5.92 Å². The molecule has 1 fully saturated rings. The van der Waals surface area contributed by atoms with E-state index in [4.69, 9.17) is 0 Å². The molecule has 0 heterocycles. The minimum atomic E-state index is -3.78. The highest BCUT2D eigenvalue weighted by Crippen LogP contribution is 2.30. The van der Waals surface area contributed by atoms with Crippen molar-refractivity contribution in [2.24, 2.45) is 5.92 Å². The van der Waals surface area contributed by atoms with E-state index in [1.807, 2.05) is 0 Å². The first kappa shape index (κ1) is 10.7. The van der Waals surface area contributed by atoms with Crippen molar-refractivity contribution >= 4 is 17.5 Å². The van der Waals surface area contributed by atoms with Gasteiger partial charge in [0.2, 0.25) is 0 Å². The standard InChI is InChI=1S/C8H12ClF2NO/c1-5(6-3-2-4-6)12-7(13)8(9,10)11/h5-6H,2-4H2,1H3,(H,12,13)/t5-/m0/s1. The van der Waals surface area contributed by atoms with E-state index < -0.39 is 11.3 Å². The number of alkyl halides is 3. The average Bonchev–Trinajstić information content (AvgIpc) is 1.79. The van der Waals surface area contributed by atoms with E-state index in [1.54, 1.807) is 6.92 Å². The zero-order valence-corrected chi connectivity index (χ0v) is 8.07. The first-order chi connectivity index (χ1) is 5.91. The van der Waals surface area contributed by atoms with Crippen LogP contribution in [-0.2, 0) is 4.79 Å². The first-order valence-corrected chi connectivity index (χ1v) is 4.66. The quantitative estimate of drug-likeness (QED) is 0.712. The highest BCUT2D eigenvalue weighted by Gasteiger charge is 2.38. The number of rotatable bonds is 3. The molecule has 0 unspecified atom stereocenters. The van der Waals surface area contributed by atoms with Gasteiger partial charge in [0.1, 0.15) is 0 Å². The van der Waals surface area contributed by atoms with Gasteiger partial charge in [-0.2, -0.15) is 8.78 Å². The van der Waals surface area contributed by atoms with Gasteiger partial charge in [-0.3, -0.25) is 4.79 Å². The van der Waals surface area contributed by atoms with Crippen LogP contribution in [0.15, 0.2) is 0 Å². The van der Waals surface area contributed by atoms with Crippen molar-refractivity contribution < 1.29 is 13.6 Å². The van der Waals surface area contributed by atoms with Crippen molar-refractivity contribution in [1.29, 1.82) is 0 Å². The molecule has 1 rings (SSSR count). The molecule has 0 aliphatic heterocycles. The Balaban J connectivity index is 2.35. The van der Waals surface area contributed by atoms with Gasteiger partial charge in [-0.1, -0.05) is 6.42 Å². The Kier molecular flexibility index (Phi) is 3.11. The minimum absolute atomic E-state index is 0.203. The minimum Gasteiger partial charge on any atom is -0.347 e. The molecule has 1 amide bonds. The molecule has 1 aliphatic carbocycles. The van der Waals surface area contributed by atoms with Gasteiger partial charge in [0.05, 0.1) is 0 Å². The molecule has 76 valence electrons. The van der Waals surface area contributed by atoms with Crippen LogP contribution in [0.3, 0.4) is 0 Å². The van der Waals surface area contributed by atoms with Crippen LogP contribution in [0.25, 0.3) is 0 Å². The van der Waals surface area contributed by atoms with Gasteiger partial charge in [0.25, 0.3) is 0 Å². The lowest BCUT2D eigenvalue weighted by Crippen LogP contribution is -2.46. The smallest absolute Gasteiger partial charge is 0.347 e. The zero-order valence-electron chi connectivity index (χ0n) is 7.32. The van der Waals surface area contributed by atoms with Crippen LogP contribution in [0.2, 0.25) is 0 Å². The van der Waals surface area contributed by atoms with E-state index in [2.05, 4.69) is 16.9 Å². The molecular weight excluding hydrogens is 200 g/mol. The number of carbonyl (C=O) groups excluding carboxylic acids is 1. The summed E-state index contributed by atoms with van der Waals surface area (Å²) in [6.45, 7) is 1.73. The number of nitrogens with one attached hydrogen (secondary N) is 1. The molecule has 0 spiro atoms. The Morgan fingerprint density at radius 2 is 2.15 bits per heavy atom. The Bertz CT molecular complexity index is 201. The summed E-state index contributed by atoms with van der Waals surface area (Å²) in [5.41, 5.74) is 0. The van der Waals surface area contributed by atoms with Gasteiger partial charge in [-0.05, 0) is 37.3 Å². The summed E-state index contributed by atoms with van der Waals surface area (Å²) in [6.07, 6.45) is 3.10. The molecule has 1 N–H and O–H groups in total. The summed E-state index contributed by atoms with van der Waals surface area (Å²) in [7, 11) is 0. The molecule has 2 nitrogen and oxygen atoms in total. The van der Waals surface area contributed by atoms with Crippen molar-refractivity contribution in [1.82, 2.24) is 5.32 Å². The van der Waals surface area contributed by atoms with Gasteiger partial charge in [0, 0.05) is 6.04 Å². The van der Waals surface area contributed by atoms with Crippen molar-refractivity contribution in [3.05, 3.63) is 0 Å². The van der Waals surface area contributed by atoms with Gasteiger partial charge >= 0.3 is 11.3 Å². The Morgan fingerprint density at radius 3 is 2.46 bits per heavy atom. The third kappa shape index (κ3) is 2.79. The molecule has 0 saturated heterocycles. The zero-order chi connectivity index (χ0) is 10.1. The largest absolute Gasteiger partial charge is 0.399 e. The van der Waals surface area contributed by atoms with Crippen LogP contribution in [0.1, 0.15) is 26.2 Å². The third-order valence-corrected chi connectivity index (χ3v) is 2.64. The van der Waals surface area contributed by atoms with Gasteiger partial charge in [-0.25, -0.2) is 0 Å². The predicted octanol–water partition coefficient (Wildman–Crippen LogP) is 2.12. The van der Waals surface area contributed by atoms with Crippen molar-refractivity contribution in [3.63, 3.8) is 0 Å². The molecule has 0 aromatic rings. The molecule has 1 aliphatic rings. The molecule has 0 aromatic carbocycles. The molecular formula is C8H12ClF2NO. The summed E-state index contributed by atoms with van der Waals surface area (Å²) in [6, 6.07) is -0.203. The third-order valence-electron chi connectivity index (χ3n) is 2.47. The lowest BCUT2D eigenvalue weighted by atomic mass is 9.80. The summed E-state index contributed by atoms with van der Waals surface area (Å²) < 4.78 is 24.4. The van der Waals surface area contributed by atoms with Crippen molar-refractivity contribution in [2.75, 3.05) is 0 Å². The second-order valence-corrected chi connectivity index (χ2v) is 3.93. The molecule has 0 bridgehead atoms. The second kappa shape index (κ2) is 3.78. The fourth-order valence-corrected chi connectivity index (χ4v) is 1.40. The lowest BCUT2D eigenvalue weighted by Gasteiger charge is -2.32. The monoisotopic (exact) mass is 211 g/mol. The number of hydrogen-bond donors (Lipinski definition) is 1. The fourth-order valence-electron chi connectivity index (χ4n) is 1.35. The van der Waals surface area contributed by atoms with Gasteiger partial charge in [0.15, 0.2) is 0 Å². The first-order valence-electron chi connectivity index (χ1n) is 4.29. The van der Waals surface area contributed by atoms with Crippen molar-refractivity contribution in [3.8, 4) is 0 Å². The number of hydrogen-bond acceptors (Lipinski definition) is 1. The SMILES string of the molecule is C[C@H](NC(=O)C(F)(F)Cl)C1CCC1. The Hall–Kier alpha value is -0.380. The van der Waals surface area contributed by atoms with Crippen LogP contribution >= 0.6 is 11.6 Å². The highest BCUT2D eigenvalue weighted by molar-refractivity contribution is 6.32. The molecule has 0 radical (unpaired) electrons. The molecule has 5 heteroatoms. The van der Waals surface area contributed by atoms with Crippen molar-refractivity contribution in [2.45, 2.75) is 37.6 Å². The summed E-state index contributed by atoms with van der Waals surface area (Å²) in [5, 5.41) is -1.58. The van der Waals surface area contributed by atoms with E-state index in [9.17, 15) is 13.6 Å². The van der Waals surface area contributed by atoms with E-state index in [0.29, 0.717) is 5.92 Å². The number of halogens is 3. The number of amides is 1. The Morgan fingerprint density at radius 1 is 1.62 bits per heavy atom. The Labute approximate surface area is 80.6 Å². The lowest BCUT2D eigenvalue weighted by molar-refractivity contribution is -0.136. The van der Waals surface area contributed by atoms with Crippen LogP contribution < -0.4 is 5.32 Å². The normalized spacial score (nSPS) is 20.6. The van der Waals surface area contributed by atoms with Crippen LogP contribution in [0.4, 0.5) is 8.78 Å².